The second-order valence-electron chi connectivity index (χ2n) is 8.37. The van der Waals surface area contributed by atoms with Gasteiger partial charge in [-0.1, -0.05) is 13.8 Å². The first-order valence-corrected chi connectivity index (χ1v) is 9.91. The fraction of sp³-hybridized carbons (Fsp3) is 0.737. The van der Waals surface area contributed by atoms with Crippen molar-refractivity contribution in [2.24, 2.45) is 11.8 Å². The highest BCUT2D eigenvalue weighted by atomic mass is 16.1. The molecule has 0 bridgehead atoms. The van der Waals surface area contributed by atoms with Crippen LogP contribution in [0.2, 0.25) is 0 Å². The fourth-order valence-corrected chi connectivity index (χ4v) is 4.11. The molecule has 1 atom stereocenters. The summed E-state index contributed by atoms with van der Waals surface area (Å²) in [6.07, 6.45) is 3.99. The molecule has 2 aromatic rings. The quantitative estimate of drug-likeness (QED) is 0.880. The molecule has 1 saturated carbocycles. The van der Waals surface area contributed by atoms with Gasteiger partial charge < -0.3 is 0 Å². The van der Waals surface area contributed by atoms with Crippen LogP contribution in [0.1, 0.15) is 44.6 Å². The van der Waals surface area contributed by atoms with Crippen molar-refractivity contribution in [1.82, 2.24) is 29.4 Å². The van der Waals surface area contributed by atoms with Crippen LogP contribution >= 0.6 is 0 Å². The molecule has 7 nitrogen and oxygen atoms in total. The summed E-state index contributed by atoms with van der Waals surface area (Å²) in [6.45, 7) is 11.8. The summed E-state index contributed by atoms with van der Waals surface area (Å²) in [5.41, 5.74) is 0.732. The predicted molar refractivity (Wildman–Crippen MR) is 101 cm³/mol. The Bertz CT molecular complexity index is 821. The van der Waals surface area contributed by atoms with E-state index in [-0.39, 0.29) is 5.56 Å². The van der Waals surface area contributed by atoms with Crippen LogP contribution in [0.15, 0.2) is 10.9 Å². The summed E-state index contributed by atoms with van der Waals surface area (Å²) in [4.78, 5) is 26.4. The summed E-state index contributed by atoms with van der Waals surface area (Å²) in [5.74, 6) is 2.73. The minimum Gasteiger partial charge on any atom is -0.299 e. The van der Waals surface area contributed by atoms with Crippen molar-refractivity contribution in [3.8, 4) is 0 Å². The highest BCUT2D eigenvalue weighted by Gasteiger charge is 2.32. The normalized spacial score (nSPS) is 23.0. The summed E-state index contributed by atoms with van der Waals surface area (Å²) < 4.78 is 1.41. The maximum atomic E-state index is 12.3. The van der Waals surface area contributed by atoms with Crippen molar-refractivity contribution in [3.05, 3.63) is 27.9 Å². The molecule has 2 fully saturated rings. The summed E-state index contributed by atoms with van der Waals surface area (Å²) in [5, 5.41) is 2.93. The van der Waals surface area contributed by atoms with Crippen molar-refractivity contribution >= 4 is 5.78 Å². The molecule has 0 radical (unpaired) electrons. The van der Waals surface area contributed by atoms with Crippen LogP contribution in [0.5, 0.6) is 0 Å². The molecule has 142 valence electrons. The average Bonchev–Trinajstić information content (AvgIpc) is 3.33. The van der Waals surface area contributed by atoms with Crippen molar-refractivity contribution in [3.63, 3.8) is 0 Å². The van der Waals surface area contributed by atoms with Crippen molar-refractivity contribution < 1.29 is 0 Å². The van der Waals surface area contributed by atoms with Gasteiger partial charge in [-0.3, -0.25) is 19.7 Å². The zero-order chi connectivity index (χ0) is 18.3. The molecule has 1 N–H and O–H groups in total. The summed E-state index contributed by atoms with van der Waals surface area (Å²) in [7, 11) is 0. The molecule has 0 aromatic carbocycles. The number of hydrogen-bond acceptors (Lipinski definition) is 5. The summed E-state index contributed by atoms with van der Waals surface area (Å²) >= 11 is 0. The number of fused-ring (bicyclic) bond motifs is 1. The first-order chi connectivity index (χ1) is 12.5. The largest absolute Gasteiger partial charge is 0.299 e. The van der Waals surface area contributed by atoms with E-state index in [1.54, 1.807) is 6.07 Å². The maximum Gasteiger partial charge on any atom is 0.274 e. The van der Waals surface area contributed by atoms with E-state index in [0.29, 0.717) is 23.6 Å². The van der Waals surface area contributed by atoms with E-state index >= 15 is 0 Å². The minimum absolute atomic E-state index is 0.0869. The van der Waals surface area contributed by atoms with Gasteiger partial charge in [-0.15, -0.1) is 0 Å². The molecule has 0 unspecified atom stereocenters. The second-order valence-corrected chi connectivity index (χ2v) is 8.37. The smallest absolute Gasteiger partial charge is 0.274 e. The number of aryl methyl sites for hydroxylation is 1. The Morgan fingerprint density at radius 2 is 2.08 bits per heavy atom. The Kier molecular flexibility index (Phi) is 4.84. The molecule has 1 saturated heterocycles. The monoisotopic (exact) mass is 358 g/mol. The second kappa shape index (κ2) is 7.12. The van der Waals surface area contributed by atoms with E-state index in [2.05, 4.69) is 38.7 Å². The first kappa shape index (κ1) is 17.7. The Morgan fingerprint density at radius 1 is 1.27 bits per heavy atom. The van der Waals surface area contributed by atoms with Gasteiger partial charge in [0.05, 0.1) is 5.69 Å². The van der Waals surface area contributed by atoms with E-state index in [1.165, 1.54) is 36.9 Å². The van der Waals surface area contributed by atoms with Gasteiger partial charge in [0.15, 0.2) is 0 Å². The van der Waals surface area contributed by atoms with Gasteiger partial charge >= 0.3 is 0 Å². The van der Waals surface area contributed by atoms with Crippen LogP contribution in [0.25, 0.3) is 5.78 Å². The molecule has 2 aromatic heterocycles. The van der Waals surface area contributed by atoms with Gasteiger partial charge in [-0.05, 0) is 51.1 Å². The lowest BCUT2D eigenvalue weighted by atomic mass is 10.0. The van der Waals surface area contributed by atoms with Crippen molar-refractivity contribution in [2.45, 2.75) is 52.6 Å². The van der Waals surface area contributed by atoms with E-state index in [4.69, 9.17) is 0 Å². The van der Waals surface area contributed by atoms with Gasteiger partial charge in [0.1, 0.15) is 5.82 Å². The van der Waals surface area contributed by atoms with E-state index in [9.17, 15) is 4.79 Å². The predicted octanol–water partition coefficient (Wildman–Crippen LogP) is 1.67. The van der Waals surface area contributed by atoms with E-state index < -0.39 is 0 Å². The lowest BCUT2D eigenvalue weighted by Crippen LogP contribution is -2.45. The van der Waals surface area contributed by atoms with Gasteiger partial charge in [0.2, 0.25) is 0 Å². The molecule has 7 heteroatoms. The number of aromatic amines is 1. The third-order valence-electron chi connectivity index (χ3n) is 5.67. The lowest BCUT2D eigenvalue weighted by Gasteiger charge is -2.34. The molecule has 2 aliphatic rings. The van der Waals surface area contributed by atoms with E-state index in [1.807, 2.05) is 6.92 Å². The standard InChI is InChI=1S/C19H30N6O/c1-13(2)17-12-23(7-4-8-24(17)10-15-5-6-15)11-16-9-18(26)25-19(21-16)20-14(3)22-25/h9,13,15,17H,4-8,10-12H2,1-3H3,(H,20,21,22)/t17-/m1/s1. The Labute approximate surface area is 154 Å². The van der Waals surface area contributed by atoms with Crippen LogP contribution in [-0.4, -0.2) is 61.6 Å². The average molecular weight is 358 g/mol. The Balaban J connectivity index is 1.51. The zero-order valence-corrected chi connectivity index (χ0v) is 16.1. The number of H-pyrrole nitrogens is 1. The van der Waals surface area contributed by atoms with Crippen LogP contribution in [0.3, 0.4) is 0 Å². The first-order valence-electron chi connectivity index (χ1n) is 9.91. The van der Waals surface area contributed by atoms with E-state index in [0.717, 1.165) is 31.2 Å². The molecular formula is C19H30N6O. The highest BCUT2D eigenvalue weighted by Crippen LogP contribution is 2.32. The topological polar surface area (TPSA) is 69.5 Å². The molecule has 1 aliphatic carbocycles. The Morgan fingerprint density at radius 3 is 2.81 bits per heavy atom. The molecular weight excluding hydrogens is 328 g/mol. The molecule has 26 heavy (non-hydrogen) atoms. The van der Waals surface area contributed by atoms with Gasteiger partial charge in [0, 0.05) is 31.7 Å². The molecule has 1 aliphatic heterocycles. The van der Waals surface area contributed by atoms with Gasteiger partial charge in [-0.25, -0.2) is 4.98 Å². The number of rotatable bonds is 5. The van der Waals surface area contributed by atoms with Crippen molar-refractivity contribution in [1.29, 1.82) is 0 Å². The molecule has 4 rings (SSSR count). The minimum atomic E-state index is -0.0869. The number of nitrogens with zero attached hydrogens (tertiary/aromatic N) is 5. The third-order valence-corrected chi connectivity index (χ3v) is 5.67. The van der Waals surface area contributed by atoms with Crippen molar-refractivity contribution in [2.75, 3.05) is 26.2 Å². The van der Waals surface area contributed by atoms with Gasteiger partial charge in [0.25, 0.3) is 11.3 Å². The summed E-state index contributed by atoms with van der Waals surface area (Å²) in [6, 6.07) is 2.22. The fourth-order valence-electron chi connectivity index (χ4n) is 4.11. The highest BCUT2D eigenvalue weighted by molar-refractivity contribution is 5.27. The number of hydrogen-bond donors (Lipinski definition) is 1. The molecule has 0 amide bonds. The zero-order valence-electron chi connectivity index (χ0n) is 16.1. The van der Waals surface area contributed by atoms with Crippen LogP contribution in [-0.2, 0) is 6.54 Å². The third kappa shape index (κ3) is 3.83. The number of nitrogens with one attached hydrogen (secondary N) is 1. The SMILES string of the molecule is Cc1nc2nc(CN3CCCN(CC4CC4)[C@@H](C(C)C)C3)cc(=O)n2[nH]1. The maximum absolute atomic E-state index is 12.3. The molecule has 3 heterocycles. The Hall–Kier alpha value is -1.73. The van der Waals surface area contributed by atoms with Crippen LogP contribution in [0.4, 0.5) is 0 Å². The van der Waals surface area contributed by atoms with Gasteiger partial charge in [-0.2, -0.15) is 9.50 Å². The molecule has 0 spiro atoms. The van der Waals surface area contributed by atoms with Crippen LogP contribution in [0, 0.1) is 18.8 Å². The lowest BCUT2D eigenvalue weighted by molar-refractivity contribution is 0.131. The number of aromatic nitrogens is 4. The van der Waals surface area contributed by atoms with Crippen LogP contribution < -0.4 is 5.56 Å².